The first-order valence-corrected chi connectivity index (χ1v) is 23.7. The number of hydrogen-bond acceptors (Lipinski definition) is 5. The Kier molecular flexibility index (Phi) is 16.5. The van der Waals surface area contributed by atoms with Crippen LogP contribution in [0.3, 0.4) is 0 Å². The van der Waals surface area contributed by atoms with Crippen molar-refractivity contribution in [2.45, 2.75) is 102 Å². The summed E-state index contributed by atoms with van der Waals surface area (Å²) < 4.78 is 46.1. The smallest absolute Gasteiger partial charge is 0.336 e. The number of benzene rings is 3. The highest BCUT2D eigenvalue weighted by atomic mass is 127. The number of rotatable bonds is 22. The van der Waals surface area contributed by atoms with Gasteiger partial charge in [0, 0.05) is 6.61 Å². The van der Waals surface area contributed by atoms with Gasteiger partial charge in [-0.2, -0.15) is 8.42 Å². The fraction of sp³-hybridized carbons (Fsp3) is 0.500. The Morgan fingerprint density at radius 2 is 1.18 bits per heavy atom. The molecule has 0 bridgehead atoms. The second-order valence-electron chi connectivity index (χ2n) is 11.7. The van der Waals surface area contributed by atoms with Crippen molar-refractivity contribution in [3.8, 4) is 5.75 Å². The van der Waals surface area contributed by atoms with Crippen LogP contribution in [0.4, 0.5) is 0 Å². The number of halogens is 1. The third-order valence-corrected chi connectivity index (χ3v) is 21.1. The molecule has 0 atom stereocenters. The van der Waals surface area contributed by atoms with Crippen molar-refractivity contribution in [3.05, 3.63) is 91.6 Å². The zero-order chi connectivity index (χ0) is 31.7. The molecule has 0 unspecified atom stereocenters. The highest BCUT2D eigenvalue weighted by molar-refractivity contribution is 7.86. The van der Waals surface area contributed by atoms with E-state index in [1.54, 1.807) is 24.3 Å². The maximum atomic E-state index is 13.2. The normalized spacial score (nSPS) is 12.1. The SMILES string of the molecule is CCCC[Si](CCCC)(CCCC)CCCOCCOc1ccc([I+](OS(=O)(=O)c2ccc(C)cc2)c2ccccc2)cc1. The third kappa shape index (κ3) is 12.2. The van der Waals surface area contributed by atoms with E-state index in [0.717, 1.165) is 31.5 Å². The second-order valence-corrected chi connectivity index (χ2v) is 23.2. The van der Waals surface area contributed by atoms with Gasteiger partial charge in [-0.15, -0.1) is 0 Å². The molecule has 0 heterocycles. The summed E-state index contributed by atoms with van der Waals surface area (Å²) in [6, 6.07) is 30.0. The minimum atomic E-state index is -3.91. The Balaban J connectivity index is 1.53. The molecule has 3 aromatic rings. The summed E-state index contributed by atoms with van der Waals surface area (Å²) >= 11 is -2.75. The maximum absolute atomic E-state index is 13.2. The first-order valence-electron chi connectivity index (χ1n) is 16.4. The summed E-state index contributed by atoms with van der Waals surface area (Å²) in [6.45, 7) is 10.8. The Morgan fingerprint density at radius 3 is 1.75 bits per heavy atom. The lowest BCUT2D eigenvalue weighted by Crippen LogP contribution is -3.85. The molecular weight excluding hydrogens is 699 g/mol. The van der Waals surface area contributed by atoms with E-state index < -0.39 is 38.4 Å². The summed E-state index contributed by atoms with van der Waals surface area (Å²) in [4.78, 5) is 0.178. The second kappa shape index (κ2) is 19.7. The average molecular weight is 753 g/mol. The highest BCUT2D eigenvalue weighted by Crippen LogP contribution is 2.33. The van der Waals surface area contributed by atoms with E-state index in [-0.39, 0.29) is 4.90 Å². The molecular formula is C36H53IO5SSi+. The van der Waals surface area contributed by atoms with Crippen LogP contribution < -0.4 is 25.0 Å². The topological polar surface area (TPSA) is 61.8 Å². The minimum absolute atomic E-state index is 0.178. The van der Waals surface area contributed by atoms with Crippen LogP contribution in [0.1, 0.15) is 71.3 Å². The van der Waals surface area contributed by atoms with Crippen LogP contribution >= 0.6 is 0 Å². The largest absolute Gasteiger partial charge is 0.491 e. The van der Waals surface area contributed by atoms with Crippen molar-refractivity contribution in [3.63, 3.8) is 0 Å². The van der Waals surface area contributed by atoms with Crippen LogP contribution in [-0.2, 0) is 17.4 Å². The van der Waals surface area contributed by atoms with Crippen molar-refractivity contribution in [2.24, 2.45) is 0 Å². The van der Waals surface area contributed by atoms with Gasteiger partial charge in [-0.3, -0.25) is 0 Å². The van der Waals surface area contributed by atoms with Crippen molar-refractivity contribution in [1.82, 2.24) is 0 Å². The van der Waals surface area contributed by atoms with Crippen LogP contribution in [0.15, 0.2) is 83.8 Å². The molecule has 0 saturated heterocycles. The quantitative estimate of drug-likeness (QED) is 0.0657. The molecule has 0 amide bonds. The van der Waals surface area contributed by atoms with Crippen molar-refractivity contribution < 1.29 is 40.6 Å². The first kappa shape index (κ1) is 36.7. The fourth-order valence-electron chi connectivity index (χ4n) is 5.47. The van der Waals surface area contributed by atoms with E-state index >= 15 is 0 Å². The maximum Gasteiger partial charge on any atom is 0.336 e. The van der Waals surface area contributed by atoms with Gasteiger partial charge in [0.25, 0.3) is 0 Å². The van der Waals surface area contributed by atoms with Crippen molar-refractivity contribution >= 4 is 18.2 Å². The molecule has 0 aliphatic rings. The van der Waals surface area contributed by atoms with Gasteiger partial charge in [0.15, 0.2) is 7.14 Å². The van der Waals surface area contributed by atoms with Crippen LogP contribution in [0.5, 0.6) is 5.75 Å². The number of hydrogen-bond donors (Lipinski definition) is 0. The van der Waals surface area contributed by atoms with E-state index in [9.17, 15) is 8.42 Å². The molecule has 44 heavy (non-hydrogen) atoms. The molecule has 3 aromatic carbocycles. The lowest BCUT2D eigenvalue weighted by molar-refractivity contribution is -1.03. The lowest BCUT2D eigenvalue weighted by atomic mass is 10.2. The number of unbranched alkanes of at least 4 members (excludes halogenated alkanes) is 3. The van der Waals surface area contributed by atoms with Gasteiger partial charge in [0.2, 0.25) is 0 Å². The Bertz CT molecular complexity index is 1280. The Hall–Kier alpha value is -1.72. The van der Waals surface area contributed by atoms with Gasteiger partial charge in [-0.1, -0.05) is 119 Å². The molecule has 0 N–H and O–H groups in total. The zero-order valence-electron chi connectivity index (χ0n) is 27.2. The predicted molar refractivity (Wildman–Crippen MR) is 180 cm³/mol. The first-order chi connectivity index (χ1) is 21.3. The molecule has 0 saturated carbocycles. The van der Waals surface area contributed by atoms with Gasteiger partial charge in [-0.05, 0) is 64.4 Å². The van der Waals surface area contributed by atoms with Crippen molar-refractivity contribution in [1.29, 1.82) is 0 Å². The van der Waals surface area contributed by atoms with E-state index in [1.165, 1.54) is 62.7 Å². The van der Waals surface area contributed by atoms with E-state index in [1.807, 2.05) is 61.5 Å². The van der Waals surface area contributed by atoms with Gasteiger partial charge >= 0.3 is 30.4 Å². The molecule has 0 aliphatic carbocycles. The molecule has 1 radical (unpaired) electrons. The monoisotopic (exact) mass is 752 g/mol. The Labute approximate surface area is 276 Å². The van der Waals surface area contributed by atoms with Crippen LogP contribution in [0.25, 0.3) is 0 Å². The number of aryl methyl sites for hydroxylation is 1. The molecule has 0 spiro atoms. The third-order valence-electron chi connectivity index (χ3n) is 8.07. The molecule has 0 aliphatic heterocycles. The summed E-state index contributed by atoms with van der Waals surface area (Å²) in [6.07, 6.45) is 9.23. The Morgan fingerprint density at radius 1 is 0.636 bits per heavy atom. The van der Waals surface area contributed by atoms with Gasteiger partial charge < -0.3 is 9.47 Å². The summed E-state index contributed by atoms with van der Waals surface area (Å²) in [7, 11) is -5.12. The van der Waals surface area contributed by atoms with E-state index in [0.29, 0.717) is 13.2 Å². The average Bonchev–Trinajstić information content (AvgIpc) is 3.04. The van der Waals surface area contributed by atoms with Crippen LogP contribution in [0.2, 0.25) is 24.2 Å². The molecule has 0 fully saturated rings. The zero-order valence-corrected chi connectivity index (χ0v) is 31.2. The summed E-state index contributed by atoms with van der Waals surface area (Å²) in [5, 5.41) is 0. The van der Waals surface area contributed by atoms with Gasteiger partial charge in [0.1, 0.15) is 12.4 Å². The molecule has 5 nitrogen and oxygen atoms in total. The molecule has 0 aromatic heterocycles. The highest BCUT2D eigenvalue weighted by Gasteiger charge is 2.37. The van der Waals surface area contributed by atoms with Gasteiger partial charge in [0.05, 0.1) is 19.6 Å². The number of ether oxygens (including phenoxy) is 2. The molecule has 243 valence electrons. The van der Waals surface area contributed by atoms with E-state index in [2.05, 4.69) is 20.8 Å². The lowest BCUT2D eigenvalue weighted by Gasteiger charge is -2.32. The van der Waals surface area contributed by atoms with Crippen molar-refractivity contribution in [2.75, 3.05) is 19.8 Å². The van der Waals surface area contributed by atoms with Crippen LogP contribution in [0, 0.1) is 14.1 Å². The van der Waals surface area contributed by atoms with Gasteiger partial charge in [-0.25, -0.2) is 0 Å². The minimum Gasteiger partial charge on any atom is -0.491 e. The standard InChI is InChI=1S/C36H53IO5SSi/c1-5-8-28-44(29-9-6-2,30-10-7-3)31-14-25-40-26-27-41-35-21-19-34(20-22-35)37(33-15-12-11-13-16-33)42-43(38,39)36-23-17-32(4)18-24-36/h11-13,15-24H,5-10,14,25-31H2,1-4H3/q+1. The molecule has 3 rings (SSSR count). The van der Waals surface area contributed by atoms with Crippen LogP contribution in [-0.4, -0.2) is 36.3 Å². The predicted octanol–water partition coefficient (Wildman–Crippen LogP) is 6.61. The fourth-order valence-corrected chi connectivity index (χ4v) is 18.1. The molecule has 8 heteroatoms. The summed E-state index contributed by atoms with van der Waals surface area (Å²) in [5.41, 5.74) is 0.999. The summed E-state index contributed by atoms with van der Waals surface area (Å²) in [5.74, 6) is 0.743. The van der Waals surface area contributed by atoms with E-state index in [4.69, 9.17) is 12.0 Å².